The van der Waals surface area contributed by atoms with E-state index >= 15 is 0 Å². The van der Waals surface area contributed by atoms with E-state index in [-0.39, 0.29) is 17.0 Å². The summed E-state index contributed by atoms with van der Waals surface area (Å²) in [5, 5.41) is 11.3. The van der Waals surface area contributed by atoms with Gasteiger partial charge in [-0.1, -0.05) is 11.6 Å². The molecule has 0 fully saturated rings. The summed E-state index contributed by atoms with van der Waals surface area (Å²) in [7, 11) is 0. The molecule has 0 bridgehead atoms. The van der Waals surface area contributed by atoms with Crippen molar-refractivity contribution in [2.24, 2.45) is 0 Å². The average Bonchev–Trinajstić information content (AvgIpc) is 3.35. The van der Waals surface area contributed by atoms with Crippen LogP contribution in [0.1, 0.15) is 16.1 Å². The standard InChI is InChI=1S/C22H13ClN2O5S/c23-15-5-1-13(2-6-15)18(26)12-21-24-22(27)20(31-21)11-17-9-10-19(30-17)14-3-7-16(8-4-14)25(28)29/h1-12H,(H,24,27)/b20-11-,21-12-. The molecule has 2 heterocycles. The number of benzene rings is 2. The van der Waals surface area contributed by atoms with Crippen molar-refractivity contribution in [3.63, 3.8) is 0 Å². The van der Waals surface area contributed by atoms with Gasteiger partial charge in [0.25, 0.3) is 11.2 Å². The van der Waals surface area contributed by atoms with Crippen molar-refractivity contribution < 1.29 is 14.1 Å². The molecule has 0 amide bonds. The normalized spacial score (nSPS) is 12.3. The second kappa shape index (κ2) is 8.55. The van der Waals surface area contributed by atoms with Gasteiger partial charge >= 0.3 is 0 Å². The number of carbonyl (C=O) groups is 1. The molecule has 2 aromatic carbocycles. The van der Waals surface area contributed by atoms with Crippen molar-refractivity contribution in [2.45, 2.75) is 0 Å². The first-order valence-electron chi connectivity index (χ1n) is 8.96. The third-order valence-electron chi connectivity index (χ3n) is 4.33. The summed E-state index contributed by atoms with van der Waals surface area (Å²) >= 11 is 6.96. The number of aromatic nitrogens is 1. The molecule has 0 saturated carbocycles. The molecule has 0 aliphatic rings. The molecule has 0 spiro atoms. The van der Waals surface area contributed by atoms with Crippen LogP contribution in [0.5, 0.6) is 0 Å². The summed E-state index contributed by atoms with van der Waals surface area (Å²) < 4.78 is 6.53. The molecule has 1 N–H and O–H groups in total. The highest BCUT2D eigenvalue weighted by molar-refractivity contribution is 7.07. The minimum absolute atomic E-state index is 0.0101. The van der Waals surface area contributed by atoms with E-state index in [4.69, 9.17) is 16.0 Å². The second-order valence-corrected chi connectivity index (χ2v) is 7.97. The fourth-order valence-corrected chi connectivity index (χ4v) is 3.79. The van der Waals surface area contributed by atoms with Crippen LogP contribution in [0.4, 0.5) is 5.69 Å². The van der Waals surface area contributed by atoms with Crippen LogP contribution < -0.4 is 14.8 Å². The highest BCUT2D eigenvalue weighted by Gasteiger charge is 2.08. The van der Waals surface area contributed by atoms with Crippen LogP contribution in [0, 0.1) is 10.1 Å². The summed E-state index contributed by atoms with van der Waals surface area (Å²) in [6.07, 6.45) is 2.93. The zero-order valence-electron chi connectivity index (χ0n) is 15.7. The Labute approximate surface area is 183 Å². The Bertz CT molecular complexity index is 1450. The number of non-ortho nitro benzene ring substituents is 1. The van der Waals surface area contributed by atoms with E-state index in [1.165, 1.54) is 18.2 Å². The second-order valence-electron chi connectivity index (χ2n) is 6.45. The van der Waals surface area contributed by atoms with Crippen molar-refractivity contribution in [2.75, 3.05) is 0 Å². The molecule has 0 aliphatic carbocycles. The monoisotopic (exact) mass is 452 g/mol. The Hall–Kier alpha value is -3.75. The summed E-state index contributed by atoms with van der Waals surface area (Å²) in [6.45, 7) is 0. The zero-order valence-corrected chi connectivity index (χ0v) is 17.3. The van der Waals surface area contributed by atoms with Gasteiger partial charge in [0.2, 0.25) is 0 Å². The van der Waals surface area contributed by atoms with Crippen LogP contribution in [0.25, 0.3) is 23.5 Å². The lowest BCUT2D eigenvalue weighted by Crippen LogP contribution is -2.19. The van der Waals surface area contributed by atoms with Crippen LogP contribution in [0.15, 0.2) is 69.9 Å². The van der Waals surface area contributed by atoms with Gasteiger partial charge in [-0.2, -0.15) is 0 Å². The number of thiazole rings is 1. The lowest BCUT2D eigenvalue weighted by molar-refractivity contribution is -0.384. The Morgan fingerprint density at radius 3 is 2.45 bits per heavy atom. The van der Waals surface area contributed by atoms with Gasteiger partial charge in [-0.3, -0.25) is 19.7 Å². The first-order chi connectivity index (χ1) is 14.9. The van der Waals surface area contributed by atoms with Gasteiger partial charge in [0.15, 0.2) is 5.78 Å². The van der Waals surface area contributed by atoms with Gasteiger partial charge in [-0.25, -0.2) is 0 Å². The topological polar surface area (TPSA) is 106 Å². The molecular formula is C22H13ClN2O5S. The van der Waals surface area contributed by atoms with E-state index in [2.05, 4.69) is 4.98 Å². The lowest BCUT2D eigenvalue weighted by Gasteiger charge is -1.96. The molecule has 154 valence electrons. The zero-order chi connectivity index (χ0) is 22.0. The summed E-state index contributed by atoms with van der Waals surface area (Å²) in [6, 6.07) is 15.9. The lowest BCUT2D eigenvalue weighted by atomic mass is 10.1. The number of nitro benzene ring substituents is 1. The number of ketones is 1. The average molecular weight is 453 g/mol. The third-order valence-corrected chi connectivity index (χ3v) is 5.55. The first-order valence-corrected chi connectivity index (χ1v) is 10.2. The van der Waals surface area contributed by atoms with Crippen LogP contribution in [0.2, 0.25) is 5.02 Å². The number of rotatable bonds is 5. The molecule has 0 aliphatic heterocycles. The number of H-pyrrole nitrogens is 1. The third kappa shape index (κ3) is 4.71. The van der Waals surface area contributed by atoms with E-state index in [1.54, 1.807) is 54.6 Å². The molecule has 0 radical (unpaired) electrons. The van der Waals surface area contributed by atoms with E-state index in [0.29, 0.717) is 36.9 Å². The Kier molecular flexibility index (Phi) is 5.66. The van der Waals surface area contributed by atoms with E-state index in [1.807, 2.05) is 0 Å². The summed E-state index contributed by atoms with van der Waals surface area (Å²) in [5.74, 6) is 0.703. The van der Waals surface area contributed by atoms with Crippen LogP contribution in [-0.4, -0.2) is 15.7 Å². The summed E-state index contributed by atoms with van der Waals surface area (Å²) in [5.41, 5.74) is 0.786. The molecule has 0 atom stereocenters. The SMILES string of the molecule is O=C(/C=c1/[nH]c(=O)/c(=C/c2ccc(-c3ccc([N+](=O)[O-])cc3)o2)s1)c1ccc(Cl)cc1. The quantitative estimate of drug-likeness (QED) is 0.282. The van der Waals surface area contributed by atoms with Gasteiger partial charge in [-0.05, 0) is 48.5 Å². The molecule has 9 heteroatoms. The minimum atomic E-state index is -0.472. The largest absolute Gasteiger partial charge is 0.457 e. The van der Waals surface area contributed by atoms with E-state index in [0.717, 1.165) is 11.3 Å². The highest BCUT2D eigenvalue weighted by Crippen LogP contribution is 2.24. The molecule has 4 rings (SSSR count). The van der Waals surface area contributed by atoms with Gasteiger partial charge in [0.05, 0.1) is 14.1 Å². The smallest absolute Gasteiger partial charge is 0.269 e. The van der Waals surface area contributed by atoms with Gasteiger partial charge in [-0.15, -0.1) is 11.3 Å². The molecule has 2 aromatic heterocycles. The Balaban J connectivity index is 1.61. The molecule has 7 nitrogen and oxygen atoms in total. The summed E-state index contributed by atoms with van der Waals surface area (Å²) in [4.78, 5) is 37.6. The van der Waals surface area contributed by atoms with Crippen LogP contribution in [-0.2, 0) is 0 Å². The van der Waals surface area contributed by atoms with Crippen LogP contribution >= 0.6 is 22.9 Å². The van der Waals surface area contributed by atoms with Crippen LogP contribution in [0.3, 0.4) is 0 Å². The fourth-order valence-electron chi connectivity index (χ4n) is 2.80. The van der Waals surface area contributed by atoms with Crippen molar-refractivity contribution in [3.05, 3.63) is 107 Å². The van der Waals surface area contributed by atoms with E-state index in [9.17, 15) is 19.7 Å². The predicted octanol–water partition coefficient (Wildman–Crippen LogP) is 3.75. The predicted molar refractivity (Wildman–Crippen MR) is 119 cm³/mol. The molecular weight excluding hydrogens is 440 g/mol. The number of nitrogens with one attached hydrogen (secondary N) is 1. The van der Waals surface area contributed by atoms with Crippen molar-refractivity contribution in [1.82, 2.24) is 4.98 Å². The minimum Gasteiger partial charge on any atom is -0.457 e. The number of furan rings is 1. The number of halogens is 1. The maximum absolute atomic E-state index is 12.3. The molecule has 0 saturated heterocycles. The number of Topliss-reactive ketones (excluding diaryl/α,β-unsaturated/α-hetero) is 1. The Morgan fingerprint density at radius 2 is 1.77 bits per heavy atom. The number of nitro groups is 1. The van der Waals surface area contributed by atoms with Crippen molar-refractivity contribution in [1.29, 1.82) is 0 Å². The van der Waals surface area contributed by atoms with Crippen molar-refractivity contribution in [3.8, 4) is 11.3 Å². The number of hydrogen-bond acceptors (Lipinski definition) is 6. The maximum Gasteiger partial charge on any atom is 0.269 e. The number of nitrogens with zero attached hydrogens (tertiary/aromatic N) is 1. The fraction of sp³-hybridized carbons (Fsp3) is 0. The van der Waals surface area contributed by atoms with E-state index < -0.39 is 4.92 Å². The molecule has 31 heavy (non-hydrogen) atoms. The van der Waals surface area contributed by atoms with Gasteiger partial charge in [0.1, 0.15) is 11.5 Å². The Morgan fingerprint density at radius 1 is 1.06 bits per heavy atom. The van der Waals surface area contributed by atoms with Crippen molar-refractivity contribution >= 4 is 46.6 Å². The maximum atomic E-state index is 12.3. The molecule has 4 aromatic rings. The van der Waals surface area contributed by atoms with Gasteiger partial charge in [0, 0.05) is 40.4 Å². The number of hydrogen-bond donors (Lipinski definition) is 1. The number of carbonyl (C=O) groups excluding carboxylic acids is 1. The molecule has 0 unspecified atom stereocenters. The first kappa shape index (κ1) is 20.5. The number of aromatic amines is 1. The van der Waals surface area contributed by atoms with Gasteiger partial charge < -0.3 is 9.40 Å². The highest BCUT2D eigenvalue weighted by atomic mass is 35.5.